The highest BCUT2D eigenvalue weighted by Gasteiger charge is 2.46. The Hall–Kier alpha value is -5.26. The summed E-state index contributed by atoms with van der Waals surface area (Å²) in [6.07, 6.45) is 9.36. The number of aromatic nitrogens is 2. The number of hydrogen-bond acceptors (Lipinski definition) is 12. The second-order valence-corrected chi connectivity index (χ2v) is 16.6. The molecule has 1 N–H and O–H groups in total. The summed E-state index contributed by atoms with van der Waals surface area (Å²) in [6, 6.07) is 12.6. The van der Waals surface area contributed by atoms with Gasteiger partial charge in [-0.15, -0.1) is 0 Å². The van der Waals surface area contributed by atoms with Crippen LogP contribution >= 0.6 is 11.6 Å². The summed E-state index contributed by atoms with van der Waals surface area (Å²) in [7, 11) is 0. The summed E-state index contributed by atoms with van der Waals surface area (Å²) in [5.74, 6) is -0.200. The smallest absolute Gasteiger partial charge is 0.262 e. The fraction of sp³-hybridized carbons (Fsp3) is 0.488. The SMILES string of the molecule is C[C@H]1CC2(CCN(c3cnc(N4CCC(OC5CN(c6ccc7c(c6)C(=O)N(C6CCC(=O)NC6=O)C7=O)C5)CC4)cn3)CC2)CN1c1ccc(C#N)c(Cl)c1. The van der Waals surface area contributed by atoms with Crippen molar-refractivity contribution < 1.29 is 23.9 Å². The third kappa shape index (κ3) is 6.60. The van der Waals surface area contributed by atoms with Gasteiger partial charge in [-0.3, -0.25) is 29.4 Å². The van der Waals surface area contributed by atoms with Gasteiger partial charge in [-0.2, -0.15) is 5.26 Å². The molecule has 56 heavy (non-hydrogen) atoms. The molecule has 0 aliphatic carbocycles. The lowest BCUT2D eigenvalue weighted by Gasteiger charge is -2.43. The van der Waals surface area contributed by atoms with Crippen LogP contribution in [0.3, 0.4) is 0 Å². The van der Waals surface area contributed by atoms with E-state index in [9.17, 15) is 24.4 Å². The number of piperidine rings is 3. The predicted octanol–water partition coefficient (Wildman–Crippen LogP) is 4.16. The minimum absolute atomic E-state index is 0.0739. The molecule has 15 heteroatoms. The number of nitrogens with zero attached hydrogens (tertiary/aromatic N) is 8. The van der Waals surface area contributed by atoms with E-state index in [-0.39, 0.29) is 41.6 Å². The number of carbonyl (C=O) groups is 4. The summed E-state index contributed by atoms with van der Waals surface area (Å²) in [6.45, 7) is 8.20. The Balaban J connectivity index is 0.725. The number of ether oxygens (including phenoxy) is 1. The van der Waals surface area contributed by atoms with Crippen LogP contribution in [0, 0.1) is 16.7 Å². The molecule has 290 valence electrons. The highest BCUT2D eigenvalue weighted by molar-refractivity contribution is 6.32. The lowest BCUT2D eigenvalue weighted by atomic mass is 9.77. The van der Waals surface area contributed by atoms with Crippen molar-refractivity contribution in [3.05, 3.63) is 70.5 Å². The molecule has 0 bridgehead atoms. The fourth-order valence-electron chi connectivity index (χ4n) is 9.53. The fourth-order valence-corrected chi connectivity index (χ4v) is 9.75. The van der Waals surface area contributed by atoms with Crippen molar-refractivity contribution in [3.63, 3.8) is 0 Å². The topological polar surface area (TPSA) is 155 Å². The average molecular weight is 778 g/mol. The highest BCUT2D eigenvalue weighted by atomic mass is 35.5. The number of carbonyl (C=O) groups excluding carboxylic acids is 4. The first-order valence-electron chi connectivity index (χ1n) is 19.6. The standard InChI is InChI=1S/C41H44ClN9O5/c1-25-18-41(24-50(25)28-3-2-26(19-43)33(42)17-28)10-14-48(15-11-41)36-21-44-35(20-45-36)47-12-8-29(9-13-47)56-30-22-49(23-30)27-4-5-31-32(16-27)40(55)51(39(31)54)34-6-7-37(52)46-38(34)53/h2-5,16-17,20-21,25,29-30,34H,6-15,18,22-24H2,1H3,(H,46,52,53)/t25-,34?/m0/s1. The molecule has 3 aromatic rings. The van der Waals surface area contributed by atoms with Gasteiger partial charge in [0.25, 0.3) is 11.8 Å². The molecule has 2 atom stereocenters. The van der Waals surface area contributed by atoms with Crippen LogP contribution in [0.1, 0.15) is 78.1 Å². The zero-order chi connectivity index (χ0) is 38.7. The predicted molar refractivity (Wildman–Crippen MR) is 209 cm³/mol. The first-order chi connectivity index (χ1) is 27.1. The largest absolute Gasteiger partial charge is 0.371 e. The van der Waals surface area contributed by atoms with Crippen molar-refractivity contribution in [3.8, 4) is 6.07 Å². The van der Waals surface area contributed by atoms with E-state index in [1.54, 1.807) is 12.1 Å². The van der Waals surface area contributed by atoms with Gasteiger partial charge in [0.2, 0.25) is 11.8 Å². The Kier molecular flexibility index (Phi) is 9.32. The Morgan fingerprint density at radius 2 is 1.52 bits per heavy atom. The molecule has 4 amide bonds. The number of amides is 4. The Morgan fingerprint density at radius 1 is 0.839 bits per heavy atom. The molecule has 6 aliphatic rings. The summed E-state index contributed by atoms with van der Waals surface area (Å²) in [5, 5.41) is 12.0. The monoisotopic (exact) mass is 777 g/mol. The van der Waals surface area contributed by atoms with Crippen LogP contribution in [0.2, 0.25) is 5.02 Å². The van der Waals surface area contributed by atoms with Gasteiger partial charge in [-0.05, 0) is 87.3 Å². The van der Waals surface area contributed by atoms with E-state index in [1.807, 2.05) is 36.7 Å². The van der Waals surface area contributed by atoms with Crippen molar-refractivity contribution in [2.45, 2.75) is 76.2 Å². The molecule has 9 rings (SSSR count). The molecule has 0 radical (unpaired) electrons. The maximum atomic E-state index is 13.3. The minimum atomic E-state index is -0.977. The number of nitriles is 1. The van der Waals surface area contributed by atoms with Crippen LogP contribution in [0.25, 0.3) is 0 Å². The number of anilines is 4. The number of rotatable bonds is 7. The molecule has 5 fully saturated rings. The van der Waals surface area contributed by atoms with Crippen LogP contribution in [0.15, 0.2) is 48.8 Å². The van der Waals surface area contributed by atoms with E-state index in [0.717, 1.165) is 92.7 Å². The van der Waals surface area contributed by atoms with Crippen LogP contribution in [-0.2, 0) is 14.3 Å². The lowest BCUT2D eigenvalue weighted by molar-refractivity contribution is -0.136. The summed E-state index contributed by atoms with van der Waals surface area (Å²) in [5.41, 5.74) is 3.24. The first-order valence-corrected chi connectivity index (χ1v) is 20.0. The number of nitrogens with one attached hydrogen (secondary N) is 1. The second-order valence-electron chi connectivity index (χ2n) is 16.2. The van der Waals surface area contributed by atoms with Gasteiger partial charge in [0.1, 0.15) is 23.7 Å². The first kappa shape index (κ1) is 36.4. The Labute approximate surface area is 330 Å². The van der Waals surface area contributed by atoms with Crippen molar-refractivity contribution >= 4 is 58.2 Å². The number of benzene rings is 2. The van der Waals surface area contributed by atoms with E-state index in [2.05, 4.69) is 37.9 Å². The third-order valence-corrected chi connectivity index (χ3v) is 13.0. The molecular weight excluding hydrogens is 734 g/mol. The Bertz CT molecular complexity index is 2120. The van der Waals surface area contributed by atoms with Gasteiger partial charge < -0.3 is 24.3 Å². The number of halogens is 1. The number of hydrogen-bond donors (Lipinski definition) is 1. The van der Waals surface area contributed by atoms with Crippen molar-refractivity contribution in [2.75, 3.05) is 65.4 Å². The van der Waals surface area contributed by atoms with Gasteiger partial charge in [0.15, 0.2) is 0 Å². The minimum Gasteiger partial charge on any atom is -0.371 e. The van der Waals surface area contributed by atoms with E-state index >= 15 is 0 Å². The van der Waals surface area contributed by atoms with E-state index in [4.69, 9.17) is 26.3 Å². The molecular formula is C41H44ClN9O5. The van der Waals surface area contributed by atoms with Gasteiger partial charge >= 0.3 is 0 Å². The van der Waals surface area contributed by atoms with Crippen LogP contribution < -0.4 is 24.9 Å². The average Bonchev–Trinajstić information content (AvgIpc) is 3.64. The molecule has 14 nitrogen and oxygen atoms in total. The summed E-state index contributed by atoms with van der Waals surface area (Å²) >= 11 is 6.37. The van der Waals surface area contributed by atoms with E-state index in [0.29, 0.717) is 29.7 Å². The molecule has 1 aromatic heterocycles. The molecule has 5 saturated heterocycles. The lowest BCUT2D eigenvalue weighted by Crippen LogP contribution is -2.54. The van der Waals surface area contributed by atoms with Crippen molar-refractivity contribution in [2.24, 2.45) is 5.41 Å². The van der Waals surface area contributed by atoms with Crippen LogP contribution in [-0.4, -0.2) is 109 Å². The number of imide groups is 2. The van der Waals surface area contributed by atoms with Crippen LogP contribution in [0.5, 0.6) is 0 Å². The highest BCUT2D eigenvalue weighted by Crippen LogP contribution is 2.46. The van der Waals surface area contributed by atoms with Gasteiger partial charge in [0.05, 0.1) is 46.3 Å². The van der Waals surface area contributed by atoms with E-state index in [1.165, 1.54) is 0 Å². The molecule has 2 aromatic carbocycles. The molecule has 7 heterocycles. The molecule has 1 unspecified atom stereocenters. The summed E-state index contributed by atoms with van der Waals surface area (Å²) < 4.78 is 6.47. The Morgan fingerprint density at radius 3 is 2.18 bits per heavy atom. The normalized spacial score (nSPS) is 24.1. The van der Waals surface area contributed by atoms with Crippen LogP contribution in [0.4, 0.5) is 23.0 Å². The zero-order valence-corrected chi connectivity index (χ0v) is 32.1. The van der Waals surface area contributed by atoms with Crippen molar-refractivity contribution in [1.29, 1.82) is 5.26 Å². The maximum Gasteiger partial charge on any atom is 0.262 e. The molecule has 1 spiro atoms. The number of fused-ring (bicyclic) bond motifs is 1. The maximum absolute atomic E-state index is 13.3. The second kappa shape index (κ2) is 14.4. The van der Waals surface area contributed by atoms with Gasteiger partial charge in [-0.1, -0.05) is 11.6 Å². The summed E-state index contributed by atoms with van der Waals surface area (Å²) in [4.78, 5) is 70.2. The van der Waals surface area contributed by atoms with Gasteiger partial charge in [0, 0.05) is 69.7 Å². The van der Waals surface area contributed by atoms with E-state index < -0.39 is 29.7 Å². The molecule has 0 saturated carbocycles. The van der Waals surface area contributed by atoms with Gasteiger partial charge in [-0.25, -0.2) is 9.97 Å². The molecule has 6 aliphatic heterocycles. The third-order valence-electron chi connectivity index (χ3n) is 12.7. The zero-order valence-electron chi connectivity index (χ0n) is 31.3. The quantitative estimate of drug-likeness (QED) is 0.343. The van der Waals surface area contributed by atoms with Crippen molar-refractivity contribution in [1.82, 2.24) is 20.2 Å².